The quantitative estimate of drug-likeness (QED) is 0.574. The third kappa shape index (κ3) is 2.16. The molecular formula is C10H15NO3. The molecule has 4 heteroatoms. The van der Waals surface area contributed by atoms with Crippen LogP contribution in [-0.4, -0.2) is 28.9 Å². The van der Waals surface area contributed by atoms with Gasteiger partial charge in [0.25, 0.3) is 0 Å². The molecule has 0 aromatic heterocycles. The Morgan fingerprint density at radius 1 is 1.29 bits per heavy atom. The van der Waals surface area contributed by atoms with Gasteiger partial charge in [-0.15, -0.1) is 0 Å². The predicted octanol–water partition coefficient (Wildman–Crippen LogP) is 0.659. The van der Waals surface area contributed by atoms with Gasteiger partial charge < -0.3 is 20.6 Å². The van der Waals surface area contributed by atoms with Crippen molar-refractivity contribution in [1.82, 2.24) is 5.32 Å². The Balaban J connectivity index is 3.02. The zero-order valence-corrected chi connectivity index (χ0v) is 8.28. The summed E-state index contributed by atoms with van der Waals surface area (Å²) < 4.78 is 0. The highest BCUT2D eigenvalue weighted by Gasteiger charge is 2.13. The first-order valence-electron chi connectivity index (χ1n) is 4.41. The van der Waals surface area contributed by atoms with E-state index < -0.39 is 6.10 Å². The zero-order valence-electron chi connectivity index (χ0n) is 8.28. The second-order valence-electron chi connectivity index (χ2n) is 3.27. The Labute approximate surface area is 82.8 Å². The summed E-state index contributed by atoms with van der Waals surface area (Å²) in [5.74, 6) is -0.0567. The minimum absolute atomic E-state index is 0.0305. The molecule has 1 atom stereocenters. The van der Waals surface area contributed by atoms with Crippen molar-refractivity contribution in [2.45, 2.75) is 13.0 Å². The molecule has 0 fully saturated rings. The van der Waals surface area contributed by atoms with Crippen LogP contribution >= 0.6 is 0 Å². The Morgan fingerprint density at radius 2 is 1.93 bits per heavy atom. The van der Waals surface area contributed by atoms with Gasteiger partial charge in [-0.1, -0.05) is 0 Å². The summed E-state index contributed by atoms with van der Waals surface area (Å²) in [6.45, 7) is 2.07. The van der Waals surface area contributed by atoms with E-state index in [1.807, 2.05) is 0 Å². The van der Waals surface area contributed by atoms with Gasteiger partial charge >= 0.3 is 0 Å². The summed E-state index contributed by atoms with van der Waals surface area (Å²) in [4.78, 5) is 0. The molecule has 0 saturated heterocycles. The third-order valence-corrected chi connectivity index (χ3v) is 2.10. The van der Waals surface area contributed by atoms with E-state index in [9.17, 15) is 15.3 Å². The van der Waals surface area contributed by atoms with Crippen LogP contribution in [0.5, 0.6) is 11.5 Å². The van der Waals surface area contributed by atoms with Gasteiger partial charge in [-0.25, -0.2) is 0 Å². The number of rotatable bonds is 3. The van der Waals surface area contributed by atoms with Crippen molar-refractivity contribution < 1.29 is 15.3 Å². The van der Waals surface area contributed by atoms with Crippen LogP contribution < -0.4 is 5.32 Å². The number of phenolic OH excluding ortho intramolecular Hbond substituents is 2. The lowest BCUT2D eigenvalue weighted by Crippen LogP contribution is -2.16. The molecular weight excluding hydrogens is 182 g/mol. The highest BCUT2D eigenvalue weighted by molar-refractivity contribution is 5.45. The summed E-state index contributed by atoms with van der Waals surface area (Å²) in [5.41, 5.74) is 1.06. The summed E-state index contributed by atoms with van der Waals surface area (Å²) >= 11 is 0. The normalized spacial score (nSPS) is 12.8. The number of hydrogen-bond donors (Lipinski definition) is 4. The topological polar surface area (TPSA) is 72.7 Å². The van der Waals surface area contributed by atoms with E-state index in [1.54, 1.807) is 20.0 Å². The van der Waals surface area contributed by atoms with E-state index >= 15 is 0 Å². The second kappa shape index (κ2) is 4.30. The summed E-state index contributed by atoms with van der Waals surface area (Å²) in [7, 11) is 1.72. The van der Waals surface area contributed by atoms with E-state index in [-0.39, 0.29) is 11.5 Å². The molecule has 0 amide bonds. The average molecular weight is 197 g/mol. The van der Waals surface area contributed by atoms with Crippen LogP contribution in [0, 0.1) is 6.92 Å². The minimum Gasteiger partial charge on any atom is -0.508 e. The molecule has 1 aromatic carbocycles. The maximum Gasteiger partial charge on any atom is 0.125 e. The van der Waals surface area contributed by atoms with E-state index in [2.05, 4.69) is 5.32 Å². The molecule has 4 N–H and O–H groups in total. The molecule has 78 valence electrons. The largest absolute Gasteiger partial charge is 0.508 e. The smallest absolute Gasteiger partial charge is 0.125 e. The molecule has 1 rings (SSSR count). The van der Waals surface area contributed by atoms with Crippen molar-refractivity contribution in [3.63, 3.8) is 0 Å². The molecule has 0 spiro atoms. The van der Waals surface area contributed by atoms with Gasteiger partial charge in [-0.05, 0) is 25.6 Å². The van der Waals surface area contributed by atoms with Crippen molar-refractivity contribution in [2.75, 3.05) is 13.6 Å². The van der Waals surface area contributed by atoms with Crippen LogP contribution in [0.25, 0.3) is 0 Å². The van der Waals surface area contributed by atoms with Crippen molar-refractivity contribution >= 4 is 0 Å². The van der Waals surface area contributed by atoms with Gasteiger partial charge in [0.05, 0.1) is 6.10 Å². The third-order valence-electron chi connectivity index (χ3n) is 2.10. The van der Waals surface area contributed by atoms with E-state index in [1.165, 1.54) is 6.07 Å². The average Bonchev–Trinajstić information content (AvgIpc) is 2.11. The van der Waals surface area contributed by atoms with E-state index in [4.69, 9.17) is 0 Å². The van der Waals surface area contributed by atoms with Crippen molar-refractivity contribution in [3.05, 3.63) is 23.3 Å². The van der Waals surface area contributed by atoms with Gasteiger partial charge in [0.2, 0.25) is 0 Å². The zero-order chi connectivity index (χ0) is 10.7. The number of aliphatic hydroxyl groups excluding tert-OH is 1. The van der Waals surface area contributed by atoms with Crippen LogP contribution in [0.3, 0.4) is 0 Å². The maximum absolute atomic E-state index is 9.61. The van der Waals surface area contributed by atoms with Crippen LogP contribution in [0.2, 0.25) is 0 Å². The molecule has 0 aliphatic carbocycles. The van der Waals surface area contributed by atoms with Gasteiger partial charge in [0, 0.05) is 18.2 Å². The number of nitrogens with one attached hydrogen (secondary N) is 1. The molecule has 0 saturated carbocycles. The van der Waals surface area contributed by atoms with Crippen LogP contribution in [0.4, 0.5) is 0 Å². The number of aliphatic hydroxyl groups is 1. The summed E-state index contributed by atoms with van der Waals surface area (Å²) in [6, 6.07) is 2.82. The molecule has 0 bridgehead atoms. The first-order valence-corrected chi connectivity index (χ1v) is 4.41. The van der Waals surface area contributed by atoms with E-state index in [0.29, 0.717) is 17.7 Å². The minimum atomic E-state index is -0.765. The molecule has 1 aromatic rings. The fraction of sp³-hybridized carbons (Fsp3) is 0.400. The van der Waals surface area contributed by atoms with Crippen molar-refractivity contribution in [1.29, 1.82) is 0 Å². The lowest BCUT2D eigenvalue weighted by Gasteiger charge is -2.13. The molecule has 14 heavy (non-hydrogen) atoms. The molecule has 0 aliphatic rings. The van der Waals surface area contributed by atoms with Gasteiger partial charge in [0.15, 0.2) is 0 Å². The number of phenols is 2. The Hall–Kier alpha value is -1.26. The fourth-order valence-electron chi connectivity index (χ4n) is 1.28. The summed E-state index contributed by atoms with van der Waals surface area (Å²) in [6.07, 6.45) is -0.765. The monoisotopic (exact) mass is 197 g/mol. The number of aryl methyl sites for hydroxylation is 1. The van der Waals surface area contributed by atoms with Gasteiger partial charge in [-0.3, -0.25) is 0 Å². The van der Waals surface area contributed by atoms with Crippen LogP contribution in [0.1, 0.15) is 17.2 Å². The highest BCUT2D eigenvalue weighted by atomic mass is 16.3. The molecule has 4 nitrogen and oxygen atoms in total. The first kappa shape index (κ1) is 10.8. The lowest BCUT2D eigenvalue weighted by atomic mass is 10.0. The Morgan fingerprint density at radius 3 is 2.50 bits per heavy atom. The Bertz CT molecular complexity index is 325. The molecule has 0 radical (unpaired) electrons. The maximum atomic E-state index is 9.61. The predicted molar refractivity (Wildman–Crippen MR) is 53.4 cm³/mol. The number of hydrogen-bond acceptors (Lipinski definition) is 4. The first-order chi connectivity index (χ1) is 6.56. The molecule has 0 aliphatic heterocycles. The van der Waals surface area contributed by atoms with Crippen LogP contribution in [0.15, 0.2) is 12.1 Å². The van der Waals surface area contributed by atoms with Crippen LogP contribution in [-0.2, 0) is 0 Å². The standard InChI is InChI=1S/C10H15NO3/c1-6-3-7(10(14)5-11-2)9(13)4-8(6)12/h3-4,10-14H,5H2,1-2H3. The number of likely N-dealkylation sites (N-methyl/N-ethyl adjacent to an activating group) is 1. The van der Waals surface area contributed by atoms with Gasteiger partial charge in [-0.2, -0.15) is 0 Å². The Kier molecular flexibility index (Phi) is 3.33. The highest BCUT2D eigenvalue weighted by Crippen LogP contribution is 2.30. The van der Waals surface area contributed by atoms with Crippen molar-refractivity contribution in [3.8, 4) is 11.5 Å². The molecule has 1 unspecified atom stereocenters. The number of aromatic hydroxyl groups is 2. The van der Waals surface area contributed by atoms with E-state index in [0.717, 1.165) is 0 Å². The van der Waals surface area contributed by atoms with Gasteiger partial charge in [0.1, 0.15) is 11.5 Å². The van der Waals surface area contributed by atoms with Crippen molar-refractivity contribution in [2.24, 2.45) is 0 Å². The molecule has 0 heterocycles. The fourth-order valence-corrected chi connectivity index (χ4v) is 1.28. The lowest BCUT2D eigenvalue weighted by molar-refractivity contribution is 0.173. The summed E-state index contributed by atoms with van der Waals surface area (Å²) in [5, 5.41) is 31.2. The SMILES string of the molecule is CNCC(O)c1cc(C)c(O)cc1O. The number of benzene rings is 1. The second-order valence-corrected chi connectivity index (χ2v) is 3.27.